The maximum absolute atomic E-state index is 12.0. The molecule has 0 heterocycles. The molecule has 0 aromatic heterocycles. The molecule has 2 rings (SSSR count). The molecule has 6 nitrogen and oxygen atoms in total. The van der Waals surface area contributed by atoms with Crippen molar-refractivity contribution >= 4 is 12.1 Å². The number of carbonyl (C=O) groups excluding carboxylic acids is 2. The maximum atomic E-state index is 12.0. The van der Waals surface area contributed by atoms with Gasteiger partial charge in [0.25, 0.3) is 0 Å². The van der Waals surface area contributed by atoms with Gasteiger partial charge in [-0.3, -0.25) is 4.89 Å². The third-order valence-electron chi connectivity index (χ3n) is 5.33. The summed E-state index contributed by atoms with van der Waals surface area (Å²) in [5, 5.41) is 4.33. The van der Waals surface area contributed by atoms with E-state index in [0.29, 0.717) is 11.5 Å². The molecule has 1 saturated carbocycles. The van der Waals surface area contributed by atoms with E-state index < -0.39 is 12.1 Å². The lowest BCUT2D eigenvalue weighted by atomic mass is 9.71. The van der Waals surface area contributed by atoms with Crippen LogP contribution in [0.25, 0.3) is 0 Å². The Bertz CT molecular complexity index is 652. The van der Waals surface area contributed by atoms with Crippen LogP contribution >= 0.6 is 0 Å². The van der Waals surface area contributed by atoms with Crippen molar-refractivity contribution in [3.8, 4) is 0 Å². The summed E-state index contributed by atoms with van der Waals surface area (Å²) in [6.07, 6.45) is 7.16. The van der Waals surface area contributed by atoms with Crippen molar-refractivity contribution in [2.24, 2.45) is 11.3 Å². The highest BCUT2D eigenvalue weighted by Crippen LogP contribution is 2.39. The molecule has 0 bridgehead atoms. The maximum Gasteiger partial charge on any atom is 0.543 e. The molecule has 0 saturated heterocycles. The second-order valence-corrected chi connectivity index (χ2v) is 8.93. The number of hydrogen-bond acceptors (Lipinski definition) is 6. The number of unbranched alkanes of at least 4 members (excludes halogenated alkanes) is 3. The fourth-order valence-electron chi connectivity index (χ4n) is 4.19. The van der Waals surface area contributed by atoms with Gasteiger partial charge >= 0.3 is 12.1 Å². The Labute approximate surface area is 173 Å². The first kappa shape index (κ1) is 23.2. The summed E-state index contributed by atoms with van der Waals surface area (Å²) in [4.78, 5) is 32.7. The van der Waals surface area contributed by atoms with E-state index in [1.165, 1.54) is 24.8 Å². The Morgan fingerprint density at radius 3 is 2.41 bits per heavy atom. The molecule has 1 aliphatic rings. The Balaban J connectivity index is 1.69. The normalized spacial score (nSPS) is 20.7. The fraction of sp³-hybridized carbons (Fsp3) is 0.652. The molecule has 1 fully saturated rings. The lowest BCUT2D eigenvalue weighted by molar-refractivity contribution is -0.453. The average molecular weight is 407 g/mol. The second kappa shape index (κ2) is 11.2. The van der Waals surface area contributed by atoms with Gasteiger partial charge < -0.3 is 4.74 Å². The first-order valence-electron chi connectivity index (χ1n) is 10.6. The number of benzene rings is 1. The van der Waals surface area contributed by atoms with Crippen molar-refractivity contribution < 1.29 is 29.1 Å². The molecule has 2 unspecified atom stereocenters. The van der Waals surface area contributed by atoms with Gasteiger partial charge in [-0.05, 0) is 61.1 Å². The lowest BCUT2D eigenvalue weighted by Crippen LogP contribution is -2.34. The molecule has 2 atom stereocenters. The SMILES string of the molecule is CCCCCCc1ccc(C(=O)OOOC(=O)OC2CC(C)CC(C)(C)C2)cc1. The quantitative estimate of drug-likeness (QED) is 0.211. The highest BCUT2D eigenvalue weighted by Gasteiger charge is 2.34. The number of aryl methyl sites for hydroxylation is 1. The second-order valence-electron chi connectivity index (χ2n) is 8.93. The summed E-state index contributed by atoms with van der Waals surface area (Å²) >= 11 is 0. The van der Waals surface area contributed by atoms with E-state index in [9.17, 15) is 9.59 Å². The fourth-order valence-corrected chi connectivity index (χ4v) is 4.19. The van der Waals surface area contributed by atoms with Crippen LogP contribution in [0, 0.1) is 11.3 Å². The van der Waals surface area contributed by atoms with E-state index in [2.05, 4.69) is 42.5 Å². The standard InChI is InChI=1S/C23H34O6/c1-5-6-7-8-9-18-10-12-19(13-11-18)21(24)27-29-28-22(25)26-20-14-17(2)15-23(3,4)16-20/h10-13,17,20H,5-9,14-16H2,1-4H3. The van der Waals surface area contributed by atoms with Crippen LogP contribution < -0.4 is 0 Å². The zero-order valence-electron chi connectivity index (χ0n) is 18.1. The minimum atomic E-state index is -1.00. The number of hydrogen-bond donors (Lipinski definition) is 0. The van der Waals surface area contributed by atoms with Crippen LogP contribution in [0.5, 0.6) is 0 Å². The van der Waals surface area contributed by atoms with Crippen LogP contribution in [0.3, 0.4) is 0 Å². The number of rotatable bonds is 9. The predicted octanol–water partition coefficient (Wildman–Crippen LogP) is 6.18. The molecule has 0 spiro atoms. The van der Waals surface area contributed by atoms with Gasteiger partial charge in [-0.1, -0.05) is 59.1 Å². The minimum Gasteiger partial charge on any atom is -0.429 e. The van der Waals surface area contributed by atoms with Crippen molar-refractivity contribution in [1.29, 1.82) is 0 Å². The summed E-state index contributed by atoms with van der Waals surface area (Å²) < 4.78 is 5.28. The van der Waals surface area contributed by atoms with Crippen molar-refractivity contribution in [3.63, 3.8) is 0 Å². The van der Waals surface area contributed by atoms with Gasteiger partial charge in [-0.15, -0.1) is 0 Å². The third-order valence-corrected chi connectivity index (χ3v) is 5.33. The molecule has 0 N–H and O–H groups in total. The number of carbonyl (C=O) groups is 2. The molecule has 0 amide bonds. The molecular formula is C23H34O6. The highest BCUT2D eigenvalue weighted by atomic mass is 17.5. The zero-order valence-corrected chi connectivity index (χ0v) is 18.1. The average Bonchev–Trinajstić information content (AvgIpc) is 2.64. The molecule has 1 aromatic carbocycles. The molecule has 1 aliphatic carbocycles. The summed E-state index contributed by atoms with van der Waals surface area (Å²) in [5.74, 6) is -0.271. The van der Waals surface area contributed by atoms with Crippen molar-refractivity contribution in [2.45, 2.75) is 85.2 Å². The molecule has 6 heteroatoms. The third kappa shape index (κ3) is 8.44. The molecular weight excluding hydrogens is 372 g/mol. The first-order chi connectivity index (χ1) is 13.8. The Kier molecular flexibility index (Phi) is 8.96. The first-order valence-corrected chi connectivity index (χ1v) is 10.6. The lowest BCUT2D eigenvalue weighted by Gasteiger charge is -2.37. The van der Waals surface area contributed by atoms with E-state index in [1.54, 1.807) is 12.1 Å². The van der Waals surface area contributed by atoms with Crippen LogP contribution in [0.15, 0.2) is 24.3 Å². The topological polar surface area (TPSA) is 71.1 Å². The van der Waals surface area contributed by atoms with E-state index in [1.807, 2.05) is 12.1 Å². The zero-order chi connectivity index (χ0) is 21.3. The van der Waals surface area contributed by atoms with Crippen molar-refractivity contribution in [2.75, 3.05) is 0 Å². The van der Waals surface area contributed by atoms with Gasteiger partial charge in [0.05, 0.1) is 10.6 Å². The van der Waals surface area contributed by atoms with E-state index in [-0.39, 0.29) is 11.5 Å². The Morgan fingerprint density at radius 2 is 1.76 bits per heavy atom. The molecule has 0 radical (unpaired) electrons. The van der Waals surface area contributed by atoms with Gasteiger partial charge in [0.2, 0.25) is 0 Å². The van der Waals surface area contributed by atoms with Gasteiger partial charge in [0.15, 0.2) is 0 Å². The predicted molar refractivity (Wildman–Crippen MR) is 109 cm³/mol. The van der Waals surface area contributed by atoms with Crippen molar-refractivity contribution in [3.05, 3.63) is 35.4 Å². The van der Waals surface area contributed by atoms with Crippen molar-refractivity contribution in [1.82, 2.24) is 0 Å². The molecule has 29 heavy (non-hydrogen) atoms. The summed E-state index contributed by atoms with van der Waals surface area (Å²) in [7, 11) is 0. The van der Waals surface area contributed by atoms with Gasteiger partial charge in [0, 0.05) is 0 Å². The molecule has 162 valence electrons. The molecule has 1 aromatic rings. The van der Waals surface area contributed by atoms with Crippen LogP contribution in [0.4, 0.5) is 4.79 Å². The van der Waals surface area contributed by atoms with Gasteiger partial charge in [-0.2, -0.15) is 0 Å². The van der Waals surface area contributed by atoms with E-state index in [0.717, 1.165) is 32.1 Å². The monoisotopic (exact) mass is 406 g/mol. The van der Waals surface area contributed by atoms with Crippen LogP contribution in [0.1, 0.15) is 88.6 Å². The molecule has 0 aliphatic heterocycles. The summed E-state index contributed by atoms with van der Waals surface area (Å²) in [6.45, 7) is 8.62. The minimum absolute atomic E-state index is 0.109. The Hall–Kier alpha value is -2.08. The summed E-state index contributed by atoms with van der Waals surface area (Å²) in [5.41, 5.74) is 1.60. The van der Waals surface area contributed by atoms with E-state index in [4.69, 9.17) is 4.74 Å². The van der Waals surface area contributed by atoms with E-state index >= 15 is 0 Å². The number of ether oxygens (including phenoxy) is 1. The smallest absolute Gasteiger partial charge is 0.429 e. The van der Waals surface area contributed by atoms with Gasteiger partial charge in [0.1, 0.15) is 6.10 Å². The van der Waals surface area contributed by atoms with Crippen LogP contribution in [-0.4, -0.2) is 18.2 Å². The van der Waals surface area contributed by atoms with Gasteiger partial charge in [-0.25, -0.2) is 14.5 Å². The van der Waals surface area contributed by atoms with Crippen LogP contribution in [-0.2, 0) is 26.0 Å². The van der Waals surface area contributed by atoms with Crippen LogP contribution in [0.2, 0.25) is 0 Å². The highest BCUT2D eigenvalue weighted by molar-refractivity contribution is 5.88. The largest absolute Gasteiger partial charge is 0.543 e. The Morgan fingerprint density at radius 1 is 1.03 bits per heavy atom. The summed E-state index contributed by atoms with van der Waals surface area (Å²) in [6, 6.07) is 7.13.